The third-order valence-electron chi connectivity index (χ3n) is 4.01. The summed E-state index contributed by atoms with van der Waals surface area (Å²) in [5, 5.41) is 9.34. The maximum atomic E-state index is 12.6. The molecule has 7 heteroatoms. The van der Waals surface area contributed by atoms with E-state index in [-0.39, 0.29) is 5.91 Å². The van der Waals surface area contributed by atoms with Crippen molar-refractivity contribution >= 4 is 34.5 Å². The number of carbonyl (C=O) groups excluding carboxylic acids is 1. The van der Waals surface area contributed by atoms with Crippen LogP contribution in [0.25, 0.3) is 11.3 Å². The fourth-order valence-corrected chi connectivity index (χ4v) is 3.91. The van der Waals surface area contributed by atoms with E-state index in [0.717, 1.165) is 24.0 Å². The summed E-state index contributed by atoms with van der Waals surface area (Å²) < 4.78 is 10.7. The topological polar surface area (TPSA) is 64.4 Å². The van der Waals surface area contributed by atoms with E-state index in [0.29, 0.717) is 27.9 Å². The first kappa shape index (κ1) is 15.2. The largest absolute Gasteiger partial charge is 0.495 e. The molecule has 24 heavy (non-hydrogen) atoms. The van der Waals surface area contributed by atoms with Crippen LogP contribution in [0.1, 0.15) is 20.9 Å². The lowest BCUT2D eigenvalue weighted by molar-refractivity contribution is 0.101. The Hall–Kier alpha value is -2.31. The van der Waals surface area contributed by atoms with Crippen molar-refractivity contribution in [3.8, 4) is 17.1 Å². The van der Waals surface area contributed by atoms with Gasteiger partial charge in [0.15, 0.2) is 11.5 Å². The standard InChI is InChI=1S/C17H13ClN2O3S/c1-22-13-4-2-9(18)8-12(13)19-17(21)15-11-3-5-14-10(6-7-24-14)16(11)23-20-15/h2,4,6-8H,3,5H2,1H3,(H,19,21). The zero-order valence-corrected chi connectivity index (χ0v) is 14.3. The number of ether oxygens (including phenoxy) is 1. The zero-order valence-electron chi connectivity index (χ0n) is 12.8. The van der Waals surface area contributed by atoms with Crippen LogP contribution in [-0.2, 0) is 12.8 Å². The molecular weight excluding hydrogens is 348 g/mol. The highest BCUT2D eigenvalue weighted by Crippen LogP contribution is 2.38. The van der Waals surface area contributed by atoms with Crippen LogP contribution in [-0.4, -0.2) is 18.2 Å². The van der Waals surface area contributed by atoms with Crippen molar-refractivity contribution in [1.82, 2.24) is 5.16 Å². The van der Waals surface area contributed by atoms with Crippen molar-refractivity contribution in [2.75, 3.05) is 12.4 Å². The molecule has 0 saturated heterocycles. The highest BCUT2D eigenvalue weighted by molar-refractivity contribution is 7.10. The summed E-state index contributed by atoms with van der Waals surface area (Å²) in [5.74, 6) is 0.894. The molecule has 3 aromatic rings. The minimum atomic E-state index is -0.334. The van der Waals surface area contributed by atoms with Gasteiger partial charge in [0.05, 0.1) is 12.8 Å². The lowest BCUT2D eigenvalue weighted by Gasteiger charge is -2.12. The first-order valence-corrected chi connectivity index (χ1v) is 8.63. The fraction of sp³-hybridized carbons (Fsp3) is 0.176. The Balaban J connectivity index is 1.67. The zero-order chi connectivity index (χ0) is 16.7. The lowest BCUT2D eigenvalue weighted by Crippen LogP contribution is -2.16. The number of amides is 1. The molecule has 1 aliphatic carbocycles. The number of benzene rings is 1. The molecule has 5 nitrogen and oxygen atoms in total. The van der Waals surface area contributed by atoms with Gasteiger partial charge in [0, 0.05) is 21.0 Å². The van der Waals surface area contributed by atoms with Gasteiger partial charge in [0.1, 0.15) is 5.75 Å². The molecule has 0 fully saturated rings. The van der Waals surface area contributed by atoms with E-state index in [4.69, 9.17) is 20.9 Å². The molecule has 122 valence electrons. The SMILES string of the molecule is COc1ccc(Cl)cc1NC(=O)c1noc2c1CCc1sccc1-2. The number of nitrogens with zero attached hydrogens (tertiary/aromatic N) is 1. The van der Waals surface area contributed by atoms with Gasteiger partial charge >= 0.3 is 0 Å². The second-order valence-electron chi connectivity index (χ2n) is 5.40. The van der Waals surface area contributed by atoms with Gasteiger partial charge in [0.25, 0.3) is 5.91 Å². The molecule has 0 aliphatic heterocycles. The van der Waals surface area contributed by atoms with E-state index in [9.17, 15) is 4.79 Å². The van der Waals surface area contributed by atoms with Gasteiger partial charge in [-0.1, -0.05) is 16.8 Å². The van der Waals surface area contributed by atoms with Gasteiger partial charge in [-0.2, -0.15) is 0 Å². The number of methoxy groups -OCH3 is 1. The number of anilines is 1. The molecule has 1 amide bonds. The first-order valence-electron chi connectivity index (χ1n) is 7.37. The fourth-order valence-electron chi connectivity index (χ4n) is 2.87. The highest BCUT2D eigenvalue weighted by atomic mass is 35.5. The summed E-state index contributed by atoms with van der Waals surface area (Å²) in [6, 6.07) is 7.05. The Morgan fingerprint density at radius 3 is 3.08 bits per heavy atom. The van der Waals surface area contributed by atoms with Gasteiger partial charge in [-0.15, -0.1) is 11.3 Å². The molecule has 2 aromatic heterocycles. The molecule has 2 heterocycles. The normalized spacial score (nSPS) is 12.4. The van der Waals surface area contributed by atoms with Crippen LogP contribution in [0.2, 0.25) is 5.02 Å². The number of hydrogen-bond acceptors (Lipinski definition) is 5. The quantitative estimate of drug-likeness (QED) is 0.751. The summed E-state index contributed by atoms with van der Waals surface area (Å²) in [6.07, 6.45) is 1.63. The van der Waals surface area contributed by atoms with Gasteiger partial charge in [0.2, 0.25) is 0 Å². The minimum absolute atomic E-state index is 0.309. The number of carbonyl (C=O) groups is 1. The number of thiophene rings is 1. The lowest BCUT2D eigenvalue weighted by atomic mass is 9.95. The molecule has 1 aromatic carbocycles. The van der Waals surface area contributed by atoms with Crippen LogP contribution in [0.15, 0.2) is 34.2 Å². The van der Waals surface area contributed by atoms with Crippen molar-refractivity contribution < 1.29 is 14.1 Å². The molecule has 0 bridgehead atoms. The van der Waals surface area contributed by atoms with E-state index >= 15 is 0 Å². The Labute approximate surface area is 147 Å². The van der Waals surface area contributed by atoms with Gasteiger partial charge in [-0.3, -0.25) is 4.79 Å². The number of halogens is 1. The van der Waals surface area contributed by atoms with Crippen LogP contribution < -0.4 is 10.1 Å². The maximum Gasteiger partial charge on any atom is 0.278 e. The predicted molar refractivity (Wildman–Crippen MR) is 93.2 cm³/mol. The van der Waals surface area contributed by atoms with E-state index in [1.807, 2.05) is 11.4 Å². The molecule has 0 unspecified atom stereocenters. The van der Waals surface area contributed by atoms with Crippen molar-refractivity contribution in [2.24, 2.45) is 0 Å². The average Bonchev–Trinajstić information content (AvgIpc) is 3.21. The molecule has 0 spiro atoms. The number of aryl methyl sites for hydroxylation is 1. The second kappa shape index (κ2) is 5.96. The van der Waals surface area contributed by atoms with Crippen molar-refractivity contribution in [3.05, 3.63) is 50.8 Å². The summed E-state index contributed by atoms with van der Waals surface area (Å²) in [4.78, 5) is 13.9. The molecule has 0 saturated carbocycles. The monoisotopic (exact) mass is 360 g/mol. The molecule has 1 aliphatic rings. The van der Waals surface area contributed by atoms with Gasteiger partial charge in [-0.05, 0) is 42.5 Å². The number of hydrogen-bond donors (Lipinski definition) is 1. The number of nitrogens with one attached hydrogen (secondary N) is 1. The molecule has 0 atom stereocenters. The maximum absolute atomic E-state index is 12.6. The van der Waals surface area contributed by atoms with Gasteiger partial charge in [-0.25, -0.2) is 0 Å². The third kappa shape index (κ3) is 2.48. The molecule has 0 radical (unpaired) electrons. The van der Waals surface area contributed by atoms with Crippen LogP contribution in [0.5, 0.6) is 5.75 Å². The van der Waals surface area contributed by atoms with E-state index in [2.05, 4.69) is 10.5 Å². The third-order valence-corrected chi connectivity index (χ3v) is 5.22. The summed E-state index contributed by atoms with van der Waals surface area (Å²) in [6.45, 7) is 0. The van der Waals surface area contributed by atoms with E-state index in [1.165, 1.54) is 12.0 Å². The average molecular weight is 361 g/mol. The minimum Gasteiger partial charge on any atom is -0.495 e. The first-order chi connectivity index (χ1) is 11.7. The van der Waals surface area contributed by atoms with E-state index < -0.39 is 0 Å². The smallest absolute Gasteiger partial charge is 0.278 e. The van der Waals surface area contributed by atoms with Crippen molar-refractivity contribution in [1.29, 1.82) is 0 Å². The van der Waals surface area contributed by atoms with Crippen molar-refractivity contribution in [3.63, 3.8) is 0 Å². The Morgan fingerprint density at radius 1 is 1.38 bits per heavy atom. The van der Waals surface area contributed by atoms with Crippen LogP contribution in [0, 0.1) is 0 Å². The summed E-state index contributed by atoms with van der Waals surface area (Å²) in [7, 11) is 1.54. The van der Waals surface area contributed by atoms with Crippen LogP contribution in [0.3, 0.4) is 0 Å². The second-order valence-corrected chi connectivity index (χ2v) is 6.83. The highest BCUT2D eigenvalue weighted by Gasteiger charge is 2.28. The number of rotatable bonds is 3. The Morgan fingerprint density at radius 2 is 2.25 bits per heavy atom. The summed E-state index contributed by atoms with van der Waals surface area (Å²) in [5.41, 5.74) is 2.69. The van der Waals surface area contributed by atoms with Gasteiger partial charge < -0.3 is 14.6 Å². The summed E-state index contributed by atoms with van der Waals surface area (Å²) >= 11 is 7.70. The Kier molecular flexibility index (Phi) is 3.78. The van der Waals surface area contributed by atoms with Crippen molar-refractivity contribution in [2.45, 2.75) is 12.8 Å². The van der Waals surface area contributed by atoms with E-state index in [1.54, 1.807) is 29.5 Å². The van der Waals surface area contributed by atoms with Crippen LogP contribution >= 0.6 is 22.9 Å². The molecule has 1 N–H and O–H groups in total. The Bertz CT molecular complexity index is 932. The number of fused-ring (bicyclic) bond motifs is 3. The molecule has 4 rings (SSSR count). The molecular formula is C17H13ClN2O3S. The number of aromatic nitrogens is 1. The predicted octanol–water partition coefficient (Wildman–Crippen LogP) is 4.42. The van der Waals surface area contributed by atoms with Crippen LogP contribution in [0.4, 0.5) is 5.69 Å².